The second-order valence-electron chi connectivity index (χ2n) is 8.02. The first-order valence-electron chi connectivity index (χ1n) is 10.9. The lowest BCUT2D eigenvalue weighted by Gasteiger charge is -2.12. The van der Waals surface area contributed by atoms with Crippen molar-refractivity contribution in [1.29, 1.82) is 0 Å². The minimum absolute atomic E-state index is 0.219. The molecule has 0 saturated carbocycles. The molecule has 1 unspecified atom stereocenters. The van der Waals surface area contributed by atoms with Crippen molar-refractivity contribution in [2.45, 2.75) is 45.5 Å². The van der Waals surface area contributed by atoms with Crippen LogP contribution in [0.25, 0.3) is 11.3 Å². The summed E-state index contributed by atoms with van der Waals surface area (Å²) < 4.78 is 75.0. The average Bonchev–Trinajstić information content (AvgIpc) is 3.35. The third-order valence-corrected chi connectivity index (χ3v) is 6.86. The molecule has 1 atom stereocenters. The number of ether oxygens (including phenoxy) is 1. The number of alkyl halides is 3. The Kier molecular flexibility index (Phi) is 6.70. The van der Waals surface area contributed by atoms with Crippen LogP contribution in [-0.2, 0) is 35.8 Å². The van der Waals surface area contributed by atoms with Gasteiger partial charge in [0.2, 0.25) is 5.88 Å². The van der Waals surface area contributed by atoms with E-state index in [4.69, 9.17) is 4.74 Å². The Balaban J connectivity index is 1.52. The molecule has 182 valence electrons. The molecule has 11 heteroatoms. The maximum Gasteiger partial charge on any atom is 0.416 e. The van der Waals surface area contributed by atoms with Gasteiger partial charge in [-0.2, -0.15) is 26.3 Å². The molecule has 2 N–H and O–H groups in total. The smallest absolute Gasteiger partial charge is 0.416 e. The fourth-order valence-electron chi connectivity index (χ4n) is 4.06. The normalized spacial score (nSPS) is 16.0. The van der Waals surface area contributed by atoms with Crippen molar-refractivity contribution in [1.82, 2.24) is 19.2 Å². The molecule has 0 saturated heterocycles. The highest BCUT2D eigenvalue weighted by molar-refractivity contribution is 7.87. The minimum atomic E-state index is -4.41. The van der Waals surface area contributed by atoms with E-state index in [1.165, 1.54) is 12.1 Å². The van der Waals surface area contributed by atoms with Gasteiger partial charge in [0.15, 0.2) is 0 Å². The summed E-state index contributed by atoms with van der Waals surface area (Å²) in [5.74, 6) is 0.526. The second-order valence-corrected chi connectivity index (χ2v) is 9.55. The number of aryl methyl sites for hydroxylation is 1. The standard InChI is InChI=1S/C23H25F3N4O3S/c1-3-27-34(31,32)29-19-12-15-5-6-16(11-17(15)13-19)21-14-22(28-30(21)4-2)33-20-9-7-18(8-10-20)23(24,25)26/h5-11,14,19,27,29H,3-4,12-13H2,1-2H3. The van der Waals surface area contributed by atoms with Crippen molar-refractivity contribution in [2.24, 2.45) is 0 Å². The van der Waals surface area contributed by atoms with Crippen molar-refractivity contribution in [3.63, 3.8) is 0 Å². The van der Waals surface area contributed by atoms with E-state index in [9.17, 15) is 21.6 Å². The van der Waals surface area contributed by atoms with Gasteiger partial charge < -0.3 is 4.74 Å². The number of fused-ring (bicyclic) bond motifs is 1. The number of halogens is 3. The molecule has 0 spiro atoms. The Morgan fingerprint density at radius 2 is 1.76 bits per heavy atom. The van der Waals surface area contributed by atoms with Crippen LogP contribution in [0.15, 0.2) is 48.5 Å². The molecule has 0 fully saturated rings. The SMILES string of the molecule is CCNS(=O)(=O)NC1Cc2ccc(-c3cc(Oc4ccc(C(F)(F)F)cc4)nn3CC)cc2C1. The molecule has 1 aliphatic carbocycles. The Morgan fingerprint density at radius 3 is 2.41 bits per heavy atom. The summed E-state index contributed by atoms with van der Waals surface area (Å²) in [6, 6.07) is 11.9. The Morgan fingerprint density at radius 1 is 1.06 bits per heavy atom. The zero-order valence-corrected chi connectivity index (χ0v) is 19.5. The van der Waals surface area contributed by atoms with Gasteiger partial charge >= 0.3 is 6.18 Å². The Hall–Kier alpha value is -2.89. The first-order valence-corrected chi connectivity index (χ1v) is 12.4. The van der Waals surface area contributed by atoms with E-state index < -0.39 is 21.9 Å². The van der Waals surface area contributed by atoms with Crippen LogP contribution in [0.5, 0.6) is 11.6 Å². The molecule has 34 heavy (non-hydrogen) atoms. The number of nitrogens with zero attached hydrogens (tertiary/aromatic N) is 2. The van der Waals surface area contributed by atoms with Gasteiger partial charge in [-0.1, -0.05) is 19.1 Å². The highest BCUT2D eigenvalue weighted by Crippen LogP contribution is 2.33. The van der Waals surface area contributed by atoms with Crippen LogP contribution in [0.2, 0.25) is 0 Å². The van der Waals surface area contributed by atoms with E-state index in [0.717, 1.165) is 34.5 Å². The van der Waals surface area contributed by atoms with Crippen molar-refractivity contribution in [3.8, 4) is 22.9 Å². The summed E-state index contributed by atoms with van der Waals surface area (Å²) >= 11 is 0. The summed E-state index contributed by atoms with van der Waals surface area (Å²) in [4.78, 5) is 0. The van der Waals surface area contributed by atoms with Gasteiger partial charge in [-0.3, -0.25) is 4.68 Å². The van der Waals surface area contributed by atoms with Crippen LogP contribution < -0.4 is 14.2 Å². The number of benzene rings is 2. The van der Waals surface area contributed by atoms with E-state index in [-0.39, 0.29) is 17.7 Å². The molecule has 0 amide bonds. The lowest BCUT2D eigenvalue weighted by Crippen LogP contribution is -2.43. The average molecular weight is 495 g/mol. The zero-order valence-electron chi connectivity index (χ0n) is 18.7. The number of aromatic nitrogens is 2. The molecule has 2 aromatic carbocycles. The molecule has 0 bridgehead atoms. The van der Waals surface area contributed by atoms with E-state index in [0.29, 0.717) is 25.9 Å². The molecular weight excluding hydrogens is 469 g/mol. The summed E-state index contributed by atoms with van der Waals surface area (Å²) in [5, 5.41) is 4.42. The molecule has 7 nitrogen and oxygen atoms in total. The zero-order chi connectivity index (χ0) is 24.5. The second kappa shape index (κ2) is 9.40. The summed E-state index contributed by atoms with van der Waals surface area (Å²) in [6.45, 7) is 4.53. The number of hydrogen-bond donors (Lipinski definition) is 2. The van der Waals surface area contributed by atoms with Crippen molar-refractivity contribution >= 4 is 10.2 Å². The molecule has 1 aromatic heterocycles. The van der Waals surface area contributed by atoms with Crippen LogP contribution in [0.1, 0.15) is 30.5 Å². The maximum absolute atomic E-state index is 12.8. The predicted molar refractivity (Wildman–Crippen MR) is 122 cm³/mol. The lowest BCUT2D eigenvalue weighted by atomic mass is 10.0. The van der Waals surface area contributed by atoms with Crippen molar-refractivity contribution < 1.29 is 26.3 Å². The Labute approximate surface area is 196 Å². The molecule has 0 aliphatic heterocycles. The largest absolute Gasteiger partial charge is 0.438 e. The van der Waals surface area contributed by atoms with Gasteiger partial charge in [-0.25, -0.2) is 4.72 Å². The molecule has 3 aromatic rings. The monoisotopic (exact) mass is 494 g/mol. The van der Waals surface area contributed by atoms with Crippen LogP contribution in [0, 0.1) is 0 Å². The van der Waals surface area contributed by atoms with Crippen molar-refractivity contribution in [2.75, 3.05) is 6.54 Å². The highest BCUT2D eigenvalue weighted by Gasteiger charge is 2.30. The van der Waals surface area contributed by atoms with Gasteiger partial charge in [0.25, 0.3) is 10.2 Å². The van der Waals surface area contributed by atoms with Crippen molar-refractivity contribution in [3.05, 3.63) is 65.2 Å². The topological polar surface area (TPSA) is 85.2 Å². The molecule has 4 rings (SSSR count). The van der Waals surface area contributed by atoms with E-state index in [1.807, 2.05) is 25.1 Å². The molecule has 1 aliphatic rings. The molecule has 1 heterocycles. The molecule has 0 radical (unpaired) electrons. The van der Waals surface area contributed by atoms with Gasteiger partial charge in [0.1, 0.15) is 5.75 Å². The third-order valence-electron chi connectivity index (χ3n) is 5.55. The summed E-state index contributed by atoms with van der Waals surface area (Å²) in [7, 11) is -3.54. The summed E-state index contributed by atoms with van der Waals surface area (Å²) in [6.07, 6.45) is -3.23. The van der Waals surface area contributed by atoms with Crippen LogP contribution in [-0.4, -0.2) is 30.8 Å². The van der Waals surface area contributed by atoms with Gasteiger partial charge in [-0.15, -0.1) is 5.10 Å². The quantitative estimate of drug-likeness (QED) is 0.489. The van der Waals surface area contributed by atoms with Gasteiger partial charge in [0.05, 0.1) is 11.3 Å². The van der Waals surface area contributed by atoms with Gasteiger partial charge in [-0.05, 0) is 61.2 Å². The first-order chi connectivity index (χ1) is 16.1. The fraction of sp³-hybridized carbons (Fsp3) is 0.348. The van der Waals surface area contributed by atoms with E-state index in [2.05, 4.69) is 14.5 Å². The number of nitrogens with one attached hydrogen (secondary N) is 2. The summed E-state index contributed by atoms with van der Waals surface area (Å²) in [5.41, 5.74) is 3.07. The third kappa shape index (κ3) is 5.43. The lowest BCUT2D eigenvalue weighted by molar-refractivity contribution is -0.137. The number of rotatable bonds is 8. The molecular formula is C23H25F3N4O3S. The fourth-order valence-corrected chi connectivity index (χ4v) is 5.13. The van der Waals surface area contributed by atoms with Crippen LogP contribution >= 0.6 is 0 Å². The minimum Gasteiger partial charge on any atom is -0.438 e. The van der Waals surface area contributed by atoms with Gasteiger partial charge in [0, 0.05) is 30.8 Å². The van der Waals surface area contributed by atoms with E-state index in [1.54, 1.807) is 17.7 Å². The first kappa shape index (κ1) is 24.2. The van der Waals surface area contributed by atoms with Crippen LogP contribution in [0.3, 0.4) is 0 Å². The predicted octanol–water partition coefficient (Wildman–Crippen LogP) is 4.29. The van der Waals surface area contributed by atoms with E-state index >= 15 is 0 Å². The highest BCUT2D eigenvalue weighted by atomic mass is 32.2. The Bertz CT molecular complexity index is 1270. The maximum atomic E-state index is 12.8. The van der Waals surface area contributed by atoms with Crippen LogP contribution in [0.4, 0.5) is 13.2 Å². The number of hydrogen-bond acceptors (Lipinski definition) is 4.